The van der Waals surface area contributed by atoms with Gasteiger partial charge in [-0.3, -0.25) is 0 Å². The van der Waals surface area contributed by atoms with E-state index in [0.717, 1.165) is 38.1 Å². The maximum Gasteiger partial charge on any atom is 0.159 e. The molecule has 1 aliphatic rings. The third-order valence-electron chi connectivity index (χ3n) is 3.31. The smallest absolute Gasteiger partial charge is 0.159 e. The zero-order chi connectivity index (χ0) is 12.3. The number of rotatable bonds is 3. The van der Waals surface area contributed by atoms with E-state index >= 15 is 0 Å². The van der Waals surface area contributed by atoms with Crippen molar-refractivity contribution >= 4 is 0 Å². The second kappa shape index (κ2) is 5.54. The number of hydrogen-bond donors (Lipinski definition) is 1. The summed E-state index contributed by atoms with van der Waals surface area (Å²) in [6.07, 6.45) is 0.819. The predicted octanol–water partition coefficient (Wildman–Crippen LogP) is 2.85. The predicted molar refractivity (Wildman–Crippen MR) is 60.6 cm³/mol. The summed E-state index contributed by atoms with van der Waals surface area (Å²) in [7, 11) is 0. The van der Waals surface area contributed by atoms with E-state index in [-0.39, 0.29) is 12.3 Å². The first-order valence-electron chi connectivity index (χ1n) is 5.95. The van der Waals surface area contributed by atoms with Gasteiger partial charge in [-0.15, -0.1) is 0 Å². The number of piperidine rings is 1. The van der Waals surface area contributed by atoms with Crippen LogP contribution in [0.25, 0.3) is 0 Å². The van der Waals surface area contributed by atoms with Crippen molar-refractivity contribution < 1.29 is 13.2 Å². The van der Waals surface area contributed by atoms with Crippen LogP contribution in [0.4, 0.5) is 13.2 Å². The van der Waals surface area contributed by atoms with E-state index in [1.54, 1.807) is 0 Å². The molecule has 0 amide bonds. The zero-order valence-electron chi connectivity index (χ0n) is 9.56. The minimum Gasteiger partial charge on any atom is -0.317 e. The van der Waals surface area contributed by atoms with Gasteiger partial charge in [-0.2, -0.15) is 0 Å². The van der Waals surface area contributed by atoms with Gasteiger partial charge in [0.2, 0.25) is 0 Å². The highest BCUT2D eigenvalue weighted by Gasteiger charge is 2.23. The molecule has 1 N–H and O–H groups in total. The van der Waals surface area contributed by atoms with E-state index in [1.165, 1.54) is 6.07 Å². The molecule has 4 heteroatoms. The SMILES string of the molecule is Fc1ccc(CC(F)C2CCNCC2)cc1F. The van der Waals surface area contributed by atoms with E-state index < -0.39 is 17.8 Å². The number of alkyl halides is 1. The van der Waals surface area contributed by atoms with Crippen molar-refractivity contribution in [1.29, 1.82) is 0 Å². The largest absolute Gasteiger partial charge is 0.317 e. The molecule has 1 aromatic rings. The molecule has 0 saturated carbocycles. The second-order valence-corrected chi connectivity index (χ2v) is 4.56. The van der Waals surface area contributed by atoms with E-state index in [0.29, 0.717) is 5.56 Å². The Balaban J connectivity index is 1.96. The van der Waals surface area contributed by atoms with Gasteiger partial charge in [0.05, 0.1) is 0 Å². The lowest BCUT2D eigenvalue weighted by Crippen LogP contribution is -2.33. The van der Waals surface area contributed by atoms with Gasteiger partial charge in [-0.05, 0) is 49.5 Å². The van der Waals surface area contributed by atoms with Gasteiger partial charge in [0.1, 0.15) is 6.17 Å². The van der Waals surface area contributed by atoms with Gasteiger partial charge >= 0.3 is 0 Å². The van der Waals surface area contributed by atoms with Crippen LogP contribution >= 0.6 is 0 Å². The maximum atomic E-state index is 14.0. The molecule has 1 heterocycles. The van der Waals surface area contributed by atoms with Crippen molar-refractivity contribution in [2.45, 2.75) is 25.4 Å². The van der Waals surface area contributed by atoms with Crippen LogP contribution in [0.3, 0.4) is 0 Å². The summed E-state index contributed by atoms with van der Waals surface area (Å²) < 4.78 is 39.6. The molecule has 2 rings (SSSR count). The van der Waals surface area contributed by atoms with Gasteiger partial charge in [-0.1, -0.05) is 6.07 Å². The van der Waals surface area contributed by atoms with Crippen molar-refractivity contribution in [3.05, 3.63) is 35.4 Å². The van der Waals surface area contributed by atoms with Crippen LogP contribution in [-0.2, 0) is 6.42 Å². The normalized spacial score (nSPS) is 19.2. The molecule has 0 bridgehead atoms. The van der Waals surface area contributed by atoms with Gasteiger partial charge in [0.15, 0.2) is 11.6 Å². The van der Waals surface area contributed by atoms with Gasteiger partial charge in [0, 0.05) is 6.42 Å². The third-order valence-corrected chi connectivity index (χ3v) is 3.31. The zero-order valence-corrected chi connectivity index (χ0v) is 9.56. The molecule has 94 valence electrons. The van der Waals surface area contributed by atoms with Crippen LogP contribution in [0.1, 0.15) is 18.4 Å². The molecule has 0 radical (unpaired) electrons. The van der Waals surface area contributed by atoms with Crippen LogP contribution in [0, 0.1) is 17.6 Å². The molecule has 1 saturated heterocycles. The summed E-state index contributed by atoms with van der Waals surface area (Å²) in [5.74, 6) is -1.75. The lowest BCUT2D eigenvalue weighted by atomic mass is 9.89. The average Bonchev–Trinajstić information content (AvgIpc) is 2.35. The molecule has 1 fully saturated rings. The van der Waals surface area contributed by atoms with Crippen molar-refractivity contribution in [3.8, 4) is 0 Å². The Kier molecular flexibility index (Phi) is 4.05. The second-order valence-electron chi connectivity index (χ2n) is 4.56. The Morgan fingerprint density at radius 2 is 1.88 bits per heavy atom. The highest BCUT2D eigenvalue weighted by atomic mass is 19.2. The number of nitrogens with one attached hydrogen (secondary N) is 1. The fraction of sp³-hybridized carbons (Fsp3) is 0.538. The van der Waals surface area contributed by atoms with Crippen LogP contribution in [0.15, 0.2) is 18.2 Å². The minimum atomic E-state index is -0.970. The van der Waals surface area contributed by atoms with E-state index in [1.807, 2.05) is 0 Å². The Morgan fingerprint density at radius 3 is 2.53 bits per heavy atom. The van der Waals surface area contributed by atoms with Crippen LogP contribution in [-0.4, -0.2) is 19.3 Å². The Hall–Kier alpha value is -1.03. The third kappa shape index (κ3) is 3.22. The van der Waals surface area contributed by atoms with Gasteiger partial charge in [-0.25, -0.2) is 13.2 Å². The molecule has 17 heavy (non-hydrogen) atoms. The lowest BCUT2D eigenvalue weighted by molar-refractivity contribution is 0.187. The topological polar surface area (TPSA) is 12.0 Å². The molecule has 1 aliphatic heterocycles. The summed E-state index contributed by atoms with van der Waals surface area (Å²) in [5, 5.41) is 3.17. The number of halogens is 3. The van der Waals surface area contributed by atoms with Crippen LogP contribution in [0.2, 0.25) is 0 Å². The summed E-state index contributed by atoms with van der Waals surface area (Å²) in [5.41, 5.74) is 0.523. The first kappa shape index (κ1) is 12.4. The van der Waals surface area contributed by atoms with Gasteiger partial charge < -0.3 is 5.32 Å². The highest BCUT2D eigenvalue weighted by molar-refractivity contribution is 5.18. The van der Waals surface area contributed by atoms with E-state index in [2.05, 4.69) is 5.32 Å². The molecular weight excluding hydrogens is 227 g/mol. The highest BCUT2D eigenvalue weighted by Crippen LogP contribution is 2.23. The van der Waals surface area contributed by atoms with Crippen LogP contribution < -0.4 is 5.32 Å². The van der Waals surface area contributed by atoms with Crippen molar-refractivity contribution in [2.75, 3.05) is 13.1 Å². The average molecular weight is 243 g/mol. The molecule has 1 nitrogen and oxygen atoms in total. The van der Waals surface area contributed by atoms with Crippen molar-refractivity contribution in [3.63, 3.8) is 0 Å². The Labute approximate surface area is 99.0 Å². The van der Waals surface area contributed by atoms with Crippen molar-refractivity contribution in [1.82, 2.24) is 5.32 Å². The molecule has 1 aromatic carbocycles. The first-order valence-corrected chi connectivity index (χ1v) is 5.95. The fourth-order valence-electron chi connectivity index (χ4n) is 2.26. The van der Waals surface area contributed by atoms with Crippen LogP contribution in [0.5, 0.6) is 0 Å². The monoisotopic (exact) mass is 243 g/mol. The summed E-state index contributed by atoms with van der Waals surface area (Å²) >= 11 is 0. The first-order chi connectivity index (χ1) is 8.16. The maximum absolute atomic E-state index is 14.0. The number of benzene rings is 1. The summed E-state index contributed by atoms with van der Waals surface area (Å²) in [6, 6.07) is 3.59. The molecular formula is C13H16F3N. The summed E-state index contributed by atoms with van der Waals surface area (Å²) in [4.78, 5) is 0. The Morgan fingerprint density at radius 1 is 1.18 bits per heavy atom. The lowest BCUT2D eigenvalue weighted by Gasteiger charge is -2.25. The number of hydrogen-bond acceptors (Lipinski definition) is 1. The Bertz CT molecular complexity index is 375. The molecule has 0 aliphatic carbocycles. The molecule has 1 atom stereocenters. The van der Waals surface area contributed by atoms with E-state index in [4.69, 9.17) is 0 Å². The fourth-order valence-corrected chi connectivity index (χ4v) is 2.26. The molecule has 0 aromatic heterocycles. The van der Waals surface area contributed by atoms with E-state index in [9.17, 15) is 13.2 Å². The molecule has 1 unspecified atom stereocenters. The summed E-state index contributed by atoms with van der Waals surface area (Å²) in [6.45, 7) is 1.67. The quantitative estimate of drug-likeness (QED) is 0.860. The van der Waals surface area contributed by atoms with Gasteiger partial charge in [0.25, 0.3) is 0 Å². The molecule has 0 spiro atoms. The van der Waals surface area contributed by atoms with Crippen molar-refractivity contribution in [2.24, 2.45) is 5.92 Å². The minimum absolute atomic E-state index is 0.0318. The standard InChI is InChI=1S/C13H16F3N/c14-11-2-1-9(8-13(11)16)7-12(15)10-3-5-17-6-4-10/h1-2,8,10,12,17H,3-7H2.